The first-order chi connectivity index (χ1) is 8.95. The fourth-order valence-electron chi connectivity index (χ4n) is 3.31. The van der Waals surface area contributed by atoms with Crippen LogP contribution in [0.3, 0.4) is 0 Å². The number of nitrogens with zero attached hydrogens (tertiary/aromatic N) is 2. The quantitative estimate of drug-likeness (QED) is 0.774. The Morgan fingerprint density at radius 3 is 2.53 bits per heavy atom. The van der Waals surface area contributed by atoms with Gasteiger partial charge in [0.2, 0.25) is 5.91 Å². The van der Waals surface area contributed by atoms with Gasteiger partial charge in [0, 0.05) is 20.1 Å². The van der Waals surface area contributed by atoms with Gasteiger partial charge in [-0.25, -0.2) is 0 Å². The average Bonchev–Trinajstić information content (AvgIpc) is 2.26. The molecule has 2 fully saturated rings. The Morgan fingerprint density at radius 1 is 1.37 bits per heavy atom. The topological polar surface area (TPSA) is 60.9 Å². The summed E-state index contributed by atoms with van der Waals surface area (Å²) in [7, 11) is 3.85. The molecular formula is C14H24N2O3. The third-order valence-corrected chi connectivity index (χ3v) is 4.63. The van der Waals surface area contributed by atoms with Crippen LogP contribution in [-0.2, 0) is 9.59 Å². The SMILES string of the molecule is CN1CCCC(CN(C)C(=O)C2(C(=O)O)CCC2)C1. The summed E-state index contributed by atoms with van der Waals surface area (Å²) in [5, 5.41) is 9.30. The molecule has 0 radical (unpaired) electrons. The number of piperidine rings is 1. The van der Waals surface area contributed by atoms with Gasteiger partial charge in [0.1, 0.15) is 5.41 Å². The van der Waals surface area contributed by atoms with Gasteiger partial charge in [0.05, 0.1) is 0 Å². The standard InChI is InChI=1S/C14H24N2O3/c1-15-8-3-5-11(9-15)10-16(2)12(17)14(13(18)19)6-4-7-14/h11H,3-10H2,1-2H3,(H,18,19). The van der Waals surface area contributed by atoms with Crippen molar-refractivity contribution in [3.05, 3.63) is 0 Å². The second-order valence-corrected chi connectivity index (χ2v) is 6.20. The summed E-state index contributed by atoms with van der Waals surface area (Å²) < 4.78 is 0. The molecule has 19 heavy (non-hydrogen) atoms. The first-order valence-electron chi connectivity index (χ1n) is 7.13. The van der Waals surface area contributed by atoms with E-state index in [0.717, 1.165) is 32.4 Å². The van der Waals surface area contributed by atoms with Gasteiger partial charge in [0.25, 0.3) is 0 Å². The van der Waals surface area contributed by atoms with Crippen LogP contribution in [0.1, 0.15) is 32.1 Å². The minimum atomic E-state index is -1.12. The number of likely N-dealkylation sites (tertiary alicyclic amines) is 1. The number of hydrogen-bond donors (Lipinski definition) is 1. The highest BCUT2D eigenvalue weighted by molar-refractivity contribution is 6.02. The Bertz CT molecular complexity index is 366. The Balaban J connectivity index is 1.93. The minimum absolute atomic E-state index is 0.195. The Hall–Kier alpha value is -1.10. The zero-order valence-corrected chi connectivity index (χ0v) is 11.9. The Morgan fingerprint density at radius 2 is 2.05 bits per heavy atom. The molecule has 5 heteroatoms. The summed E-state index contributed by atoms with van der Waals surface area (Å²) >= 11 is 0. The molecule has 1 saturated carbocycles. The molecule has 5 nitrogen and oxygen atoms in total. The second-order valence-electron chi connectivity index (χ2n) is 6.20. The van der Waals surface area contributed by atoms with E-state index in [2.05, 4.69) is 11.9 Å². The predicted octanol–water partition coefficient (Wildman–Crippen LogP) is 1.04. The molecule has 0 bridgehead atoms. The highest BCUT2D eigenvalue weighted by Gasteiger charge is 2.52. The van der Waals surface area contributed by atoms with Crippen molar-refractivity contribution in [3.63, 3.8) is 0 Å². The predicted molar refractivity (Wildman–Crippen MR) is 71.8 cm³/mol. The smallest absolute Gasteiger partial charge is 0.319 e. The van der Waals surface area contributed by atoms with Gasteiger partial charge in [0.15, 0.2) is 0 Å². The molecule has 1 aliphatic carbocycles. The van der Waals surface area contributed by atoms with Gasteiger partial charge in [-0.2, -0.15) is 0 Å². The first-order valence-corrected chi connectivity index (χ1v) is 7.13. The summed E-state index contributed by atoms with van der Waals surface area (Å²) in [5.41, 5.74) is -1.12. The van der Waals surface area contributed by atoms with Crippen molar-refractivity contribution in [2.24, 2.45) is 11.3 Å². The lowest BCUT2D eigenvalue weighted by Gasteiger charge is -2.40. The Labute approximate surface area is 114 Å². The number of aliphatic carboxylic acids is 1. The van der Waals surface area contributed by atoms with Gasteiger partial charge in [-0.1, -0.05) is 6.42 Å². The van der Waals surface area contributed by atoms with Crippen LogP contribution in [0.25, 0.3) is 0 Å². The largest absolute Gasteiger partial charge is 0.480 e. The van der Waals surface area contributed by atoms with Crippen molar-refractivity contribution in [1.29, 1.82) is 0 Å². The molecule has 1 atom stereocenters. The summed E-state index contributed by atoms with van der Waals surface area (Å²) in [6.45, 7) is 2.79. The van der Waals surface area contributed by atoms with E-state index in [-0.39, 0.29) is 5.91 Å². The van der Waals surface area contributed by atoms with Crippen molar-refractivity contribution >= 4 is 11.9 Å². The van der Waals surface area contributed by atoms with E-state index in [1.807, 2.05) is 0 Å². The number of carbonyl (C=O) groups is 2. The van der Waals surface area contributed by atoms with E-state index in [9.17, 15) is 14.7 Å². The molecule has 1 heterocycles. The van der Waals surface area contributed by atoms with Crippen molar-refractivity contribution in [2.75, 3.05) is 33.7 Å². The van der Waals surface area contributed by atoms with Crippen LogP contribution in [0.15, 0.2) is 0 Å². The molecule has 0 aromatic heterocycles. The molecule has 1 N–H and O–H groups in total. The molecule has 0 aromatic rings. The molecule has 1 aliphatic heterocycles. The molecule has 1 amide bonds. The molecule has 2 rings (SSSR count). The summed E-state index contributed by atoms with van der Waals surface area (Å²) in [4.78, 5) is 27.6. The third-order valence-electron chi connectivity index (χ3n) is 4.63. The molecule has 2 aliphatic rings. The molecular weight excluding hydrogens is 244 g/mol. The summed E-state index contributed by atoms with van der Waals surface area (Å²) in [5.74, 6) is -0.672. The lowest BCUT2D eigenvalue weighted by molar-refractivity contribution is -0.167. The molecule has 0 spiro atoms. The molecule has 1 unspecified atom stereocenters. The van der Waals surface area contributed by atoms with Crippen LogP contribution >= 0.6 is 0 Å². The minimum Gasteiger partial charge on any atom is -0.480 e. The van der Waals surface area contributed by atoms with Gasteiger partial charge in [-0.15, -0.1) is 0 Å². The fourth-order valence-corrected chi connectivity index (χ4v) is 3.31. The highest BCUT2D eigenvalue weighted by Crippen LogP contribution is 2.42. The zero-order chi connectivity index (χ0) is 14.0. The summed E-state index contributed by atoms with van der Waals surface area (Å²) in [6, 6.07) is 0. The van der Waals surface area contributed by atoms with Crippen molar-refractivity contribution in [2.45, 2.75) is 32.1 Å². The second kappa shape index (κ2) is 5.49. The number of carboxylic acid groups (broad SMARTS) is 1. The number of hydrogen-bond acceptors (Lipinski definition) is 3. The van der Waals surface area contributed by atoms with E-state index < -0.39 is 11.4 Å². The van der Waals surface area contributed by atoms with E-state index >= 15 is 0 Å². The lowest BCUT2D eigenvalue weighted by atomic mass is 9.67. The maximum Gasteiger partial charge on any atom is 0.319 e. The normalized spacial score (nSPS) is 26.5. The van der Waals surface area contributed by atoms with Gasteiger partial charge >= 0.3 is 5.97 Å². The van der Waals surface area contributed by atoms with E-state index in [0.29, 0.717) is 25.3 Å². The van der Waals surface area contributed by atoms with E-state index in [1.54, 1.807) is 11.9 Å². The highest BCUT2D eigenvalue weighted by atomic mass is 16.4. The summed E-state index contributed by atoms with van der Waals surface area (Å²) in [6.07, 6.45) is 4.12. The van der Waals surface area contributed by atoms with Crippen LogP contribution in [-0.4, -0.2) is 60.5 Å². The first kappa shape index (κ1) is 14.3. The maximum atomic E-state index is 12.4. The van der Waals surface area contributed by atoms with Crippen LogP contribution < -0.4 is 0 Å². The van der Waals surface area contributed by atoms with Crippen LogP contribution in [0.5, 0.6) is 0 Å². The zero-order valence-electron chi connectivity index (χ0n) is 11.9. The molecule has 1 saturated heterocycles. The Kier molecular flexibility index (Phi) is 4.13. The fraction of sp³-hybridized carbons (Fsp3) is 0.857. The van der Waals surface area contributed by atoms with Crippen LogP contribution in [0.4, 0.5) is 0 Å². The van der Waals surface area contributed by atoms with Gasteiger partial charge < -0.3 is 14.9 Å². The van der Waals surface area contributed by atoms with Crippen molar-refractivity contribution < 1.29 is 14.7 Å². The molecule has 0 aromatic carbocycles. The maximum absolute atomic E-state index is 12.4. The third kappa shape index (κ3) is 2.76. The van der Waals surface area contributed by atoms with Crippen molar-refractivity contribution in [1.82, 2.24) is 9.80 Å². The van der Waals surface area contributed by atoms with Crippen molar-refractivity contribution in [3.8, 4) is 0 Å². The number of carboxylic acids is 1. The van der Waals surface area contributed by atoms with Crippen LogP contribution in [0.2, 0.25) is 0 Å². The number of carbonyl (C=O) groups excluding carboxylic acids is 1. The monoisotopic (exact) mass is 268 g/mol. The average molecular weight is 268 g/mol. The molecule has 108 valence electrons. The van der Waals surface area contributed by atoms with E-state index in [4.69, 9.17) is 0 Å². The number of amides is 1. The lowest BCUT2D eigenvalue weighted by Crippen LogP contribution is -2.53. The van der Waals surface area contributed by atoms with E-state index in [1.165, 1.54) is 0 Å². The van der Waals surface area contributed by atoms with Gasteiger partial charge in [-0.3, -0.25) is 9.59 Å². The van der Waals surface area contributed by atoms with Crippen LogP contribution in [0, 0.1) is 11.3 Å². The van der Waals surface area contributed by atoms with Gasteiger partial charge in [-0.05, 0) is 45.2 Å². The number of rotatable bonds is 4.